The van der Waals surface area contributed by atoms with E-state index in [9.17, 15) is 26.4 Å². The van der Waals surface area contributed by atoms with Crippen LogP contribution in [0.25, 0.3) is 56.1 Å². The first-order valence-corrected chi connectivity index (χ1v) is 15.6. The molecule has 3 heterocycles. The van der Waals surface area contributed by atoms with Gasteiger partial charge in [0.15, 0.2) is 11.2 Å². The second kappa shape index (κ2) is 11.9. The number of benzene rings is 3. The van der Waals surface area contributed by atoms with Crippen molar-refractivity contribution in [3.63, 3.8) is 0 Å². The maximum atomic E-state index is 13.9. The minimum atomic E-state index is -4.26. The summed E-state index contributed by atoms with van der Waals surface area (Å²) in [6.45, 7) is -1.15. The van der Waals surface area contributed by atoms with Gasteiger partial charge in [0.2, 0.25) is 15.9 Å². The maximum Gasteiger partial charge on any atom is 0.257 e. The molecule has 0 unspecified atom stereocenters. The molecule has 0 aliphatic carbocycles. The Morgan fingerprint density at radius 1 is 1.00 bits per heavy atom. The fourth-order valence-electron chi connectivity index (χ4n) is 5.19. The topological polar surface area (TPSA) is 128 Å². The molecule has 0 fully saturated rings. The number of carbonyl (C=O) groups is 1. The van der Waals surface area contributed by atoms with Crippen molar-refractivity contribution in [2.75, 3.05) is 31.3 Å². The van der Waals surface area contributed by atoms with Crippen LogP contribution in [0.5, 0.6) is 5.75 Å². The van der Waals surface area contributed by atoms with Crippen LogP contribution in [0.3, 0.4) is 0 Å². The number of fused-ring (bicyclic) bond motifs is 2. The van der Waals surface area contributed by atoms with Crippen LogP contribution in [0.4, 0.5) is 18.9 Å². The van der Waals surface area contributed by atoms with Gasteiger partial charge in [-0.05, 0) is 60.2 Å². The molecule has 14 heteroatoms. The van der Waals surface area contributed by atoms with Crippen LogP contribution in [0.1, 0.15) is 10.4 Å². The molecular weight excluding hydrogens is 625 g/mol. The van der Waals surface area contributed by atoms with Crippen molar-refractivity contribution in [1.29, 1.82) is 0 Å². The fraction of sp³-hybridized carbons (Fsp3) is 0.156. The maximum absolute atomic E-state index is 13.9. The summed E-state index contributed by atoms with van der Waals surface area (Å²) in [5.41, 5.74) is 2.01. The SMILES string of the molecule is CNC(=O)c1c(-c2ccc(F)cc2)oc2cc(N(CC(F)F)S(C)(=O)=O)c(-c3ccc(OC)c(-c4nc5ncccc5o4)c3)cc12. The average Bonchev–Trinajstić information content (AvgIpc) is 3.64. The number of hydrogen-bond donors (Lipinski definition) is 1. The van der Waals surface area contributed by atoms with Crippen molar-refractivity contribution in [3.05, 3.63) is 84.3 Å². The lowest BCUT2D eigenvalue weighted by atomic mass is 9.97. The number of sulfonamides is 1. The predicted molar refractivity (Wildman–Crippen MR) is 166 cm³/mol. The molecule has 6 rings (SSSR count). The summed E-state index contributed by atoms with van der Waals surface area (Å²) in [6, 6.07) is 16.2. The number of oxazole rings is 1. The zero-order chi connectivity index (χ0) is 32.7. The van der Waals surface area contributed by atoms with E-state index < -0.39 is 34.7 Å². The highest BCUT2D eigenvalue weighted by Gasteiger charge is 2.29. The van der Waals surface area contributed by atoms with Crippen LogP contribution >= 0.6 is 0 Å². The van der Waals surface area contributed by atoms with Gasteiger partial charge in [-0.3, -0.25) is 9.10 Å². The number of nitrogens with zero attached hydrogens (tertiary/aromatic N) is 3. The molecule has 10 nitrogen and oxygen atoms in total. The second-order valence-electron chi connectivity index (χ2n) is 10.2. The number of aromatic nitrogens is 2. The molecule has 1 amide bonds. The van der Waals surface area contributed by atoms with Crippen molar-refractivity contribution < 1.29 is 40.0 Å². The number of carbonyl (C=O) groups excluding carboxylic acids is 1. The summed E-state index contributed by atoms with van der Waals surface area (Å²) in [7, 11) is -1.39. The van der Waals surface area contributed by atoms with Gasteiger partial charge in [-0.2, -0.15) is 4.98 Å². The molecule has 3 aromatic heterocycles. The van der Waals surface area contributed by atoms with E-state index in [0.29, 0.717) is 38.0 Å². The highest BCUT2D eigenvalue weighted by Crippen LogP contribution is 2.44. The van der Waals surface area contributed by atoms with E-state index in [1.165, 1.54) is 50.6 Å². The summed E-state index contributed by atoms with van der Waals surface area (Å²) in [6.07, 6.45) is -0.650. The van der Waals surface area contributed by atoms with Crippen LogP contribution in [-0.4, -0.2) is 57.7 Å². The van der Waals surface area contributed by atoms with Crippen LogP contribution in [0.15, 0.2) is 81.8 Å². The lowest BCUT2D eigenvalue weighted by Crippen LogP contribution is -2.34. The minimum absolute atomic E-state index is 0.0401. The summed E-state index contributed by atoms with van der Waals surface area (Å²) in [5, 5.41) is 2.82. The summed E-state index contributed by atoms with van der Waals surface area (Å²) in [5.74, 6) is -0.467. The van der Waals surface area contributed by atoms with Crippen molar-refractivity contribution in [1.82, 2.24) is 15.3 Å². The first-order valence-electron chi connectivity index (χ1n) is 13.7. The van der Waals surface area contributed by atoms with Gasteiger partial charge in [0, 0.05) is 35.8 Å². The van der Waals surface area contributed by atoms with Crippen molar-refractivity contribution in [2.24, 2.45) is 0 Å². The number of methoxy groups -OCH3 is 1. The van der Waals surface area contributed by atoms with Gasteiger partial charge in [0.1, 0.15) is 22.9 Å². The number of anilines is 1. The van der Waals surface area contributed by atoms with Gasteiger partial charge in [-0.25, -0.2) is 26.6 Å². The molecule has 0 spiro atoms. The number of amides is 1. The third-order valence-corrected chi connectivity index (χ3v) is 8.39. The number of ether oxygens (including phenoxy) is 1. The largest absolute Gasteiger partial charge is 0.496 e. The van der Waals surface area contributed by atoms with Gasteiger partial charge >= 0.3 is 0 Å². The number of halogens is 3. The third-order valence-electron chi connectivity index (χ3n) is 7.25. The van der Waals surface area contributed by atoms with Gasteiger partial charge < -0.3 is 18.9 Å². The first kappa shape index (κ1) is 30.6. The standard InChI is InChI=1S/C32H25F3N4O6S/c1-36-31(40)28-21-14-20(18-8-11-24(43-2)22(13-18)32-38-30-25(45-32)5-4-12-37-30)23(39(16-27(34)35)46(3,41)42)15-26(21)44-29(28)17-6-9-19(33)10-7-17/h4-15,27H,16H2,1-3H3,(H,36,40). The lowest BCUT2D eigenvalue weighted by Gasteiger charge is -2.25. The van der Waals surface area contributed by atoms with E-state index in [1.54, 1.807) is 36.5 Å². The Labute approximate surface area is 260 Å². The number of pyridine rings is 1. The van der Waals surface area contributed by atoms with Crippen LogP contribution in [-0.2, 0) is 10.0 Å². The highest BCUT2D eigenvalue weighted by molar-refractivity contribution is 7.92. The number of furan rings is 1. The van der Waals surface area contributed by atoms with Crippen molar-refractivity contribution in [3.8, 4) is 39.7 Å². The predicted octanol–water partition coefficient (Wildman–Crippen LogP) is 6.51. The van der Waals surface area contributed by atoms with Gasteiger partial charge in [0.05, 0.1) is 36.7 Å². The Morgan fingerprint density at radius 3 is 2.39 bits per heavy atom. The molecule has 6 aromatic rings. The Kier molecular flexibility index (Phi) is 7.90. The van der Waals surface area contributed by atoms with Gasteiger partial charge in [0.25, 0.3) is 12.3 Å². The Morgan fingerprint density at radius 2 is 1.74 bits per heavy atom. The molecule has 3 aromatic carbocycles. The van der Waals surface area contributed by atoms with E-state index in [2.05, 4.69) is 15.3 Å². The molecule has 0 saturated heterocycles. The smallest absolute Gasteiger partial charge is 0.257 e. The number of nitrogens with one attached hydrogen (secondary N) is 1. The van der Waals surface area contributed by atoms with E-state index in [0.717, 1.165) is 6.26 Å². The fourth-order valence-corrected chi connectivity index (χ4v) is 6.08. The number of rotatable bonds is 9. The second-order valence-corrected chi connectivity index (χ2v) is 12.1. The Bertz CT molecular complexity index is 2180. The molecule has 236 valence electrons. The summed E-state index contributed by atoms with van der Waals surface area (Å²) in [4.78, 5) is 21.9. The Balaban J connectivity index is 1.66. The number of hydrogen-bond acceptors (Lipinski definition) is 8. The summed E-state index contributed by atoms with van der Waals surface area (Å²) < 4.78 is 85.5. The monoisotopic (exact) mass is 650 g/mol. The normalized spacial score (nSPS) is 11.8. The van der Waals surface area contributed by atoms with E-state index >= 15 is 0 Å². The highest BCUT2D eigenvalue weighted by atomic mass is 32.2. The van der Waals surface area contributed by atoms with E-state index in [4.69, 9.17) is 13.6 Å². The molecule has 0 atom stereocenters. The summed E-state index contributed by atoms with van der Waals surface area (Å²) >= 11 is 0. The van der Waals surface area contributed by atoms with Crippen LogP contribution in [0, 0.1) is 5.82 Å². The Hall–Kier alpha value is -5.37. The van der Waals surface area contributed by atoms with Crippen LogP contribution in [0.2, 0.25) is 0 Å². The van der Waals surface area contributed by atoms with Gasteiger partial charge in [-0.15, -0.1) is 0 Å². The van der Waals surface area contributed by atoms with E-state index in [1.807, 2.05) is 0 Å². The molecule has 0 aliphatic heterocycles. The van der Waals surface area contributed by atoms with Gasteiger partial charge in [-0.1, -0.05) is 6.07 Å². The molecular formula is C32H25F3N4O6S. The molecule has 1 N–H and O–H groups in total. The van der Waals surface area contributed by atoms with E-state index in [-0.39, 0.29) is 39.4 Å². The van der Waals surface area contributed by atoms with Crippen molar-refractivity contribution >= 4 is 43.8 Å². The first-order chi connectivity index (χ1) is 22.0. The minimum Gasteiger partial charge on any atom is -0.496 e. The third kappa shape index (κ3) is 5.62. The quantitative estimate of drug-likeness (QED) is 0.188. The molecule has 0 aliphatic rings. The zero-order valence-electron chi connectivity index (χ0n) is 24.5. The van der Waals surface area contributed by atoms with Crippen molar-refractivity contribution in [2.45, 2.75) is 6.43 Å². The average molecular weight is 651 g/mol. The molecule has 0 bridgehead atoms. The molecule has 46 heavy (non-hydrogen) atoms. The number of alkyl halides is 2. The molecule has 0 saturated carbocycles. The van der Waals surface area contributed by atoms with Crippen LogP contribution < -0.4 is 14.4 Å². The zero-order valence-corrected chi connectivity index (χ0v) is 25.4. The lowest BCUT2D eigenvalue weighted by molar-refractivity contribution is 0.0964. The molecule has 0 radical (unpaired) electrons.